The monoisotopic (exact) mass is 373 g/mol. The molecule has 0 heterocycles. The van der Waals surface area contributed by atoms with Gasteiger partial charge in [-0.1, -0.05) is 26.7 Å². The van der Waals surface area contributed by atoms with Crippen LogP contribution in [0.1, 0.15) is 64.9 Å². The number of carbonyl (C=O) groups excluding carboxylic acids is 2. The lowest BCUT2D eigenvalue weighted by molar-refractivity contribution is -0.133. The summed E-state index contributed by atoms with van der Waals surface area (Å²) in [5.41, 5.74) is 2.96. The minimum absolute atomic E-state index is 0.125. The highest BCUT2D eigenvalue weighted by molar-refractivity contribution is 5.93. The van der Waals surface area contributed by atoms with Gasteiger partial charge in [-0.3, -0.25) is 9.59 Å². The molecule has 0 radical (unpaired) electrons. The summed E-state index contributed by atoms with van der Waals surface area (Å²) in [5, 5.41) is 3.09. The largest absolute Gasteiger partial charge is 0.377 e. The Bertz CT molecular complexity index is 651. The molecule has 0 aliphatic heterocycles. The molecule has 5 heteroatoms. The summed E-state index contributed by atoms with van der Waals surface area (Å²) in [6, 6.07) is 6.20. The molecule has 0 unspecified atom stereocenters. The van der Waals surface area contributed by atoms with Crippen LogP contribution in [-0.2, 0) is 16.1 Å². The van der Waals surface area contributed by atoms with Gasteiger partial charge in [0.2, 0.25) is 11.8 Å². The fraction of sp³-hybridized carbons (Fsp3) is 0.636. The number of hydrogen-bond donors (Lipinski definition) is 1. The van der Waals surface area contributed by atoms with Gasteiger partial charge in [-0.25, -0.2) is 0 Å². The third kappa shape index (κ3) is 5.47. The van der Waals surface area contributed by atoms with Crippen LogP contribution in [0.5, 0.6) is 0 Å². The molecule has 1 aromatic carbocycles. The van der Waals surface area contributed by atoms with Crippen molar-refractivity contribution in [1.82, 2.24) is 4.90 Å². The molecule has 1 N–H and O–H groups in total. The zero-order valence-corrected chi connectivity index (χ0v) is 17.5. The molecule has 0 aromatic heterocycles. The van der Waals surface area contributed by atoms with Crippen molar-refractivity contribution in [2.75, 3.05) is 24.3 Å². The van der Waals surface area contributed by atoms with Gasteiger partial charge in [0.05, 0.1) is 0 Å². The Kier molecular flexibility index (Phi) is 7.69. The minimum atomic E-state index is 0.125. The predicted octanol–water partition coefficient (Wildman–Crippen LogP) is 4.42. The Hall–Kier alpha value is -2.04. The van der Waals surface area contributed by atoms with Crippen molar-refractivity contribution in [3.63, 3.8) is 0 Å². The number of rotatable bonds is 8. The van der Waals surface area contributed by atoms with Crippen LogP contribution in [0, 0.1) is 5.92 Å². The number of hydrogen-bond acceptors (Lipinski definition) is 3. The molecule has 0 spiro atoms. The molecule has 0 bridgehead atoms. The SMILES string of the molecule is CCC(=O)N(Cc1cc(NC(=O)C2CCCC2)ccc1N(C)C)[C@@H](C)CC. The highest BCUT2D eigenvalue weighted by Gasteiger charge is 2.23. The van der Waals surface area contributed by atoms with E-state index in [0.717, 1.165) is 49.0 Å². The Morgan fingerprint density at radius 3 is 2.41 bits per heavy atom. The van der Waals surface area contributed by atoms with Gasteiger partial charge in [0, 0.05) is 50.4 Å². The second-order valence-corrected chi connectivity index (χ2v) is 7.84. The second kappa shape index (κ2) is 9.77. The average molecular weight is 374 g/mol. The first-order valence-corrected chi connectivity index (χ1v) is 10.3. The van der Waals surface area contributed by atoms with Gasteiger partial charge in [0.25, 0.3) is 0 Å². The van der Waals surface area contributed by atoms with Crippen molar-refractivity contribution in [3.8, 4) is 0 Å². The summed E-state index contributed by atoms with van der Waals surface area (Å²) in [4.78, 5) is 29.0. The maximum Gasteiger partial charge on any atom is 0.227 e. The third-order valence-electron chi connectivity index (χ3n) is 5.64. The van der Waals surface area contributed by atoms with Crippen LogP contribution >= 0.6 is 0 Å². The highest BCUT2D eigenvalue weighted by atomic mass is 16.2. The fourth-order valence-corrected chi connectivity index (χ4v) is 3.76. The quantitative estimate of drug-likeness (QED) is 0.734. The van der Waals surface area contributed by atoms with Crippen LogP contribution in [0.4, 0.5) is 11.4 Å². The van der Waals surface area contributed by atoms with E-state index in [9.17, 15) is 9.59 Å². The number of carbonyl (C=O) groups is 2. The molecule has 1 saturated carbocycles. The molecule has 1 aromatic rings. The Morgan fingerprint density at radius 1 is 1.19 bits per heavy atom. The smallest absolute Gasteiger partial charge is 0.227 e. The lowest BCUT2D eigenvalue weighted by atomic mass is 10.1. The van der Waals surface area contributed by atoms with Crippen molar-refractivity contribution >= 4 is 23.2 Å². The molecule has 2 amide bonds. The van der Waals surface area contributed by atoms with Crippen molar-refractivity contribution < 1.29 is 9.59 Å². The van der Waals surface area contributed by atoms with Gasteiger partial charge < -0.3 is 15.1 Å². The average Bonchev–Trinajstić information content (AvgIpc) is 3.19. The lowest BCUT2D eigenvalue weighted by Crippen LogP contribution is -2.37. The first-order valence-electron chi connectivity index (χ1n) is 10.3. The molecule has 5 nitrogen and oxygen atoms in total. The number of nitrogens with zero attached hydrogens (tertiary/aromatic N) is 2. The fourth-order valence-electron chi connectivity index (χ4n) is 3.76. The standard InChI is InChI=1S/C22H35N3O2/c1-6-16(3)25(21(26)7-2)15-18-14-19(12-13-20(18)24(4)5)23-22(27)17-10-8-9-11-17/h12-14,16-17H,6-11,15H2,1-5H3,(H,23,27)/t16-/m0/s1. The molecular weight excluding hydrogens is 338 g/mol. The number of amides is 2. The summed E-state index contributed by atoms with van der Waals surface area (Å²) in [6.07, 6.45) is 5.68. The zero-order valence-electron chi connectivity index (χ0n) is 17.5. The van der Waals surface area contributed by atoms with Crippen molar-refractivity contribution in [2.45, 2.75) is 71.9 Å². The van der Waals surface area contributed by atoms with Gasteiger partial charge in [0.15, 0.2) is 0 Å². The van der Waals surface area contributed by atoms with Crippen molar-refractivity contribution in [3.05, 3.63) is 23.8 Å². The molecule has 27 heavy (non-hydrogen) atoms. The Morgan fingerprint density at radius 2 is 1.85 bits per heavy atom. The number of nitrogens with one attached hydrogen (secondary N) is 1. The van der Waals surface area contributed by atoms with E-state index in [0.29, 0.717) is 13.0 Å². The van der Waals surface area contributed by atoms with Crippen LogP contribution < -0.4 is 10.2 Å². The number of benzene rings is 1. The lowest BCUT2D eigenvalue weighted by Gasteiger charge is -2.30. The van der Waals surface area contributed by atoms with Crippen LogP contribution in [0.25, 0.3) is 0 Å². The van der Waals surface area contributed by atoms with Gasteiger partial charge >= 0.3 is 0 Å². The second-order valence-electron chi connectivity index (χ2n) is 7.84. The maximum absolute atomic E-state index is 12.5. The van der Waals surface area contributed by atoms with E-state index >= 15 is 0 Å². The van der Waals surface area contributed by atoms with Gasteiger partial charge in [-0.05, 0) is 49.9 Å². The van der Waals surface area contributed by atoms with Gasteiger partial charge in [-0.15, -0.1) is 0 Å². The van der Waals surface area contributed by atoms with Gasteiger partial charge in [-0.2, -0.15) is 0 Å². The van der Waals surface area contributed by atoms with E-state index in [-0.39, 0.29) is 23.8 Å². The summed E-state index contributed by atoms with van der Waals surface area (Å²) in [7, 11) is 4.01. The Labute approximate surface area is 164 Å². The van der Waals surface area contributed by atoms with Crippen LogP contribution in [0.15, 0.2) is 18.2 Å². The predicted molar refractivity (Wildman–Crippen MR) is 112 cm³/mol. The summed E-state index contributed by atoms with van der Waals surface area (Å²) in [6.45, 7) is 6.66. The molecule has 2 rings (SSSR count). The highest BCUT2D eigenvalue weighted by Crippen LogP contribution is 2.29. The molecule has 1 aliphatic rings. The van der Waals surface area contributed by atoms with E-state index in [1.807, 2.05) is 44.1 Å². The molecule has 1 aliphatic carbocycles. The zero-order chi connectivity index (χ0) is 20.0. The number of anilines is 2. The minimum Gasteiger partial charge on any atom is -0.377 e. The van der Waals surface area contributed by atoms with Crippen LogP contribution in [-0.4, -0.2) is 36.9 Å². The first kappa shape index (κ1) is 21.3. The summed E-state index contributed by atoms with van der Waals surface area (Å²) < 4.78 is 0. The van der Waals surface area contributed by atoms with E-state index < -0.39 is 0 Å². The van der Waals surface area contributed by atoms with E-state index in [1.54, 1.807) is 0 Å². The van der Waals surface area contributed by atoms with Crippen molar-refractivity contribution in [2.24, 2.45) is 5.92 Å². The van der Waals surface area contributed by atoms with Crippen molar-refractivity contribution in [1.29, 1.82) is 0 Å². The maximum atomic E-state index is 12.5. The van der Waals surface area contributed by atoms with Gasteiger partial charge in [0.1, 0.15) is 0 Å². The summed E-state index contributed by atoms with van der Waals surface area (Å²) in [5.74, 6) is 0.425. The molecule has 0 saturated heterocycles. The van der Waals surface area contributed by atoms with E-state index in [4.69, 9.17) is 0 Å². The Balaban J connectivity index is 2.25. The normalized spacial score (nSPS) is 15.4. The molecule has 1 atom stereocenters. The van der Waals surface area contributed by atoms with Crippen LogP contribution in [0.3, 0.4) is 0 Å². The molecule has 1 fully saturated rings. The topological polar surface area (TPSA) is 52.7 Å². The summed E-state index contributed by atoms with van der Waals surface area (Å²) >= 11 is 0. The van der Waals surface area contributed by atoms with Crippen LogP contribution in [0.2, 0.25) is 0 Å². The van der Waals surface area contributed by atoms with E-state index in [1.165, 1.54) is 0 Å². The third-order valence-corrected chi connectivity index (χ3v) is 5.64. The molecular formula is C22H35N3O2. The first-order chi connectivity index (χ1) is 12.9. The van der Waals surface area contributed by atoms with E-state index in [2.05, 4.69) is 24.1 Å². The molecule has 150 valence electrons.